The molecule has 0 radical (unpaired) electrons. The van der Waals surface area contributed by atoms with E-state index in [2.05, 4.69) is 20.3 Å². The van der Waals surface area contributed by atoms with Crippen molar-refractivity contribution in [3.05, 3.63) is 76.0 Å². The fourth-order valence-corrected chi connectivity index (χ4v) is 4.68. The molecule has 0 aliphatic rings. The standard InChI is InChI=1S/C22H19FN4O3S2/c1-2-30-16-7-8-17-18(11-16)32-22(25-17)27-20(29)10-15-9-19(28)26-21(24-15)31-12-13-3-5-14(23)6-4-13/h3-9,11H,2,10,12H2,1H3,(H,24,26,28)(H,25,27,29). The molecule has 2 aromatic carbocycles. The van der Waals surface area contributed by atoms with Crippen LogP contribution >= 0.6 is 23.1 Å². The van der Waals surface area contributed by atoms with E-state index in [0.29, 0.717) is 28.3 Å². The van der Waals surface area contributed by atoms with Gasteiger partial charge in [0.2, 0.25) is 5.91 Å². The topological polar surface area (TPSA) is 97.0 Å². The highest BCUT2D eigenvalue weighted by Crippen LogP contribution is 2.29. The third kappa shape index (κ3) is 5.71. The third-order valence-corrected chi connectivity index (χ3v) is 6.20. The van der Waals surface area contributed by atoms with Gasteiger partial charge in [-0.15, -0.1) is 0 Å². The molecule has 0 saturated heterocycles. The number of halogens is 1. The summed E-state index contributed by atoms with van der Waals surface area (Å²) >= 11 is 2.65. The smallest absolute Gasteiger partial charge is 0.251 e. The van der Waals surface area contributed by atoms with Crippen molar-refractivity contribution in [1.29, 1.82) is 0 Å². The summed E-state index contributed by atoms with van der Waals surface area (Å²) in [6.07, 6.45) is -0.0614. The van der Waals surface area contributed by atoms with Crippen molar-refractivity contribution in [3.63, 3.8) is 0 Å². The summed E-state index contributed by atoms with van der Waals surface area (Å²) in [5, 5.41) is 3.63. The number of amides is 1. The number of rotatable bonds is 8. The number of aromatic nitrogens is 3. The van der Waals surface area contributed by atoms with Gasteiger partial charge in [0.15, 0.2) is 10.3 Å². The Bertz CT molecular complexity index is 1300. The summed E-state index contributed by atoms with van der Waals surface area (Å²) in [6, 6.07) is 13.0. The van der Waals surface area contributed by atoms with Crippen molar-refractivity contribution in [3.8, 4) is 5.75 Å². The highest BCUT2D eigenvalue weighted by molar-refractivity contribution is 7.98. The first-order chi connectivity index (χ1) is 15.5. The Morgan fingerprint density at radius 3 is 2.78 bits per heavy atom. The molecule has 164 valence electrons. The van der Waals surface area contributed by atoms with Gasteiger partial charge in [-0.3, -0.25) is 9.59 Å². The Balaban J connectivity index is 1.41. The maximum atomic E-state index is 13.0. The number of benzene rings is 2. The third-order valence-electron chi connectivity index (χ3n) is 4.32. The number of H-pyrrole nitrogens is 1. The number of nitrogens with one attached hydrogen (secondary N) is 2. The SMILES string of the molecule is CCOc1ccc2nc(NC(=O)Cc3cc(=O)[nH]c(SCc4ccc(F)cc4)n3)sc2c1. The lowest BCUT2D eigenvalue weighted by Crippen LogP contribution is -2.18. The van der Waals surface area contributed by atoms with Crippen LogP contribution in [-0.4, -0.2) is 27.5 Å². The first kappa shape index (κ1) is 22.0. The number of carbonyl (C=O) groups excluding carboxylic acids is 1. The number of hydrogen-bond donors (Lipinski definition) is 2. The molecule has 4 rings (SSSR count). The molecule has 0 bridgehead atoms. The predicted molar refractivity (Wildman–Crippen MR) is 124 cm³/mol. The molecule has 0 aliphatic carbocycles. The maximum absolute atomic E-state index is 13.0. The van der Waals surface area contributed by atoms with Crippen LogP contribution in [-0.2, 0) is 17.0 Å². The van der Waals surface area contributed by atoms with Gasteiger partial charge in [0.05, 0.1) is 28.9 Å². The minimum Gasteiger partial charge on any atom is -0.494 e. The number of aromatic amines is 1. The summed E-state index contributed by atoms with van der Waals surface area (Å²) in [5.41, 5.74) is 1.67. The van der Waals surface area contributed by atoms with Crippen LogP contribution in [0.15, 0.2) is 58.5 Å². The zero-order valence-electron chi connectivity index (χ0n) is 17.1. The second-order valence-corrected chi connectivity index (χ2v) is 8.76. The van der Waals surface area contributed by atoms with Gasteiger partial charge in [0, 0.05) is 11.8 Å². The molecule has 32 heavy (non-hydrogen) atoms. The molecule has 0 aliphatic heterocycles. The van der Waals surface area contributed by atoms with E-state index < -0.39 is 0 Å². The van der Waals surface area contributed by atoms with Gasteiger partial charge in [-0.2, -0.15) is 0 Å². The second-order valence-electron chi connectivity index (χ2n) is 6.76. The van der Waals surface area contributed by atoms with Crippen LogP contribution in [0.3, 0.4) is 0 Å². The van der Waals surface area contributed by atoms with Crippen molar-refractivity contribution in [2.45, 2.75) is 24.3 Å². The van der Waals surface area contributed by atoms with E-state index in [1.54, 1.807) is 12.1 Å². The summed E-state index contributed by atoms with van der Waals surface area (Å²) in [4.78, 5) is 35.9. The van der Waals surface area contributed by atoms with E-state index in [1.165, 1.54) is 41.3 Å². The van der Waals surface area contributed by atoms with Gasteiger partial charge in [-0.25, -0.2) is 14.4 Å². The lowest BCUT2D eigenvalue weighted by Gasteiger charge is -2.05. The van der Waals surface area contributed by atoms with Crippen LogP contribution in [0.25, 0.3) is 10.2 Å². The van der Waals surface area contributed by atoms with Gasteiger partial charge in [0.25, 0.3) is 5.56 Å². The molecule has 1 amide bonds. The minimum absolute atomic E-state index is 0.0614. The number of thiazole rings is 1. The molecule has 2 N–H and O–H groups in total. The molecule has 0 spiro atoms. The molecule has 4 aromatic rings. The average Bonchev–Trinajstić information content (AvgIpc) is 3.14. The number of ether oxygens (including phenoxy) is 1. The van der Waals surface area contributed by atoms with E-state index in [4.69, 9.17) is 4.74 Å². The Labute approximate surface area is 191 Å². The van der Waals surface area contributed by atoms with E-state index in [0.717, 1.165) is 21.5 Å². The number of carbonyl (C=O) groups is 1. The maximum Gasteiger partial charge on any atom is 0.251 e. The first-order valence-electron chi connectivity index (χ1n) is 9.79. The summed E-state index contributed by atoms with van der Waals surface area (Å²) in [5.74, 6) is 0.636. The van der Waals surface area contributed by atoms with Crippen molar-refractivity contribution >= 4 is 44.4 Å². The van der Waals surface area contributed by atoms with Crippen LogP contribution in [0.5, 0.6) is 5.75 Å². The first-order valence-corrected chi connectivity index (χ1v) is 11.6. The number of hydrogen-bond acceptors (Lipinski definition) is 7. The predicted octanol–water partition coefficient (Wildman–Crippen LogP) is 4.39. The molecule has 2 heterocycles. The lowest BCUT2D eigenvalue weighted by atomic mass is 10.2. The number of nitrogens with zero attached hydrogens (tertiary/aromatic N) is 2. The molecular weight excluding hydrogens is 451 g/mol. The van der Waals surface area contributed by atoms with Gasteiger partial charge in [0.1, 0.15) is 11.6 Å². The Hall–Kier alpha value is -3.24. The fourth-order valence-electron chi connectivity index (χ4n) is 2.92. The van der Waals surface area contributed by atoms with Crippen LogP contribution in [0.2, 0.25) is 0 Å². The summed E-state index contributed by atoms with van der Waals surface area (Å²) < 4.78 is 19.4. The zero-order chi connectivity index (χ0) is 22.5. The summed E-state index contributed by atoms with van der Waals surface area (Å²) in [7, 11) is 0. The van der Waals surface area contributed by atoms with Gasteiger partial charge in [-0.1, -0.05) is 35.2 Å². The Kier molecular flexibility index (Phi) is 6.81. The van der Waals surface area contributed by atoms with Gasteiger partial charge in [-0.05, 0) is 42.8 Å². The molecule has 0 fully saturated rings. The van der Waals surface area contributed by atoms with Crippen molar-refractivity contribution in [1.82, 2.24) is 15.0 Å². The lowest BCUT2D eigenvalue weighted by molar-refractivity contribution is -0.115. The van der Waals surface area contributed by atoms with E-state index >= 15 is 0 Å². The average molecular weight is 471 g/mol. The minimum atomic E-state index is -0.340. The van der Waals surface area contributed by atoms with Crippen molar-refractivity contribution < 1.29 is 13.9 Å². The molecule has 0 unspecified atom stereocenters. The largest absolute Gasteiger partial charge is 0.494 e. The van der Waals surface area contributed by atoms with E-state index in [1.807, 2.05) is 25.1 Å². The monoisotopic (exact) mass is 470 g/mol. The zero-order valence-corrected chi connectivity index (χ0v) is 18.7. The normalized spacial score (nSPS) is 10.9. The van der Waals surface area contributed by atoms with Crippen molar-refractivity contribution in [2.75, 3.05) is 11.9 Å². The fraction of sp³-hybridized carbons (Fsp3) is 0.182. The number of fused-ring (bicyclic) bond motifs is 1. The quantitative estimate of drug-likeness (QED) is 0.293. The number of thioether (sulfide) groups is 1. The van der Waals surface area contributed by atoms with Crippen LogP contribution < -0.4 is 15.6 Å². The van der Waals surface area contributed by atoms with Crippen LogP contribution in [0.1, 0.15) is 18.2 Å². The molecule has 0 saturated carbocycles. The van der Waals surface area contributed by atoms with E-state index in [9.17, 15) is 14.0 Å². The Morgan fingerprint density at radius 1 is 1.19 bits per heavy atom. The molecule has 0 atom stereocenters. The number of anilines is 1. The second kappa shape index (κ2) is 9.92. The molecule has 2 aromatic heterocycles. The Morgan fingerprint density at radius 2 is 2.00 bits per heavy atom. The molecular formula is C22H19FN4O3S2. The van der Waals surface area contributed by atoms with E-state index in [-0.39, 0.29) is 23.7 Å². The van der Waals surface area contributed by atoms with Crippen LogP contribution in [0.4, 0.5) is 9.52 Å². The molecule has 7 nitrogen and oxygen atoms in total. The van der Waals surface area contributed by atoms with Crippen LogP contribution in [0, 0.1) is 5.82 Å². The highest BCUT2D eigenvalue weighted by atomic mass is 32.2. The van der Waals surface area contributed by atoms with Gasteiger partial charge >= 0.3 is 0 Å². The molecule has 10 heteroatoms. The highest BCUT2D eigenvalue weighted by Gasteiger charge is 2.12. The van der Waals surface area contributed by atoms with Crippen molar-refractivity contribution in [2.24, 2.45) is 0 Å². The van der Waals surface area contributed by atoms with Gasteiger partial charge < -0.3 is 15.0 Å². The summed E-state index contributed by atoms with van der Waals surface area (Å²) in [6.45, 7) is 2.49.